The second-order valence-corrected chi connectivity index (χ2v) is 4.83. The van der Waals surface area contributed by atoms with Gasteiger partial charge < -0.3 is 4.74 Å². The first-order chi connectivity index (χ1) is 11.9. The van der Waals surface area contributed by atoms with Crippen LogP contribution in [0.5, 0.6) is 0 Å². The van der Waals surface area contributed by atoms with Gasteiger partial charge in [-0.05, 0) is 0 Å². The predicted octanol–water partition coefficient (Wildman–Crippen LogP) is 3.16. The summed E-state index contributed by atoms with van der Waals surface area (Å²) >= 11 is 0. The molecule has 1 atom stereocenters. The third-order valence-electron chi connectivity index (χ3n) is 3.15. The Morgan fingerprint density at radius 1 is 1.04 bits per heavy atom. The molecule has 4 nitrogen and oxygen atoms in total. The summed E-state index contributed by atoms with van der Waals surface area (Å²) in [5.74, 6) is -16.1. The average molecular weight is 393 g/mol. The summed E-state index contributed by atoms with van der Waals surface area (Å²) in [6.45, 7) is 0. The lowest BCUT2D eigenvalue weighted by molar-refractivity contribution is -0.143. The molecule has 1 aromatic carbocycles. The molecule has 0 spiro atoms. The third kappa shape index (κ3) is 3.37. The van der Waals surface area contributed by atoms with Gasteiger partial charge in [0.05, 0.1) is 6.42 Å². The number of nitrogens with zero attached hydrogens (tertiary/aromatic N) is 1. The van der Waals surface area contributed by atoms with Gasteiger partial charge in [0.2, 0.25) is 11.7 Å². The van der Waals surface area contributed by atoms with Crippen LogP contribution in [0.4, 0.5) is 39.5 Å². The minimum Gasteiger partial charge on any atom is -0.407 e. The molecule has 0 saturated heterocycles. The largest absolute Gasteiger partial charge is 0.422 e. The van der Waals surface area contributed by atoms with Gasteiger partial charge in [-0.2, -0.15) is 13.2 Å². The zero-order valence-electron chi connectivity index (χ0n) is 11.9. The van der Waals surface area contributed by atoms with Crippen molar-refractivity contribution in [1.82, 2.24) is 0 Å². The van der Waals surface area contributed by atoms with Gasteiger partial charge in [0.15, 0.2) is 23.3 Å². The number of aliphatic imine (C=N–C) groups is 1. The smallest absolute Gasteiger partial charge is 0.407 e. The fourth-order valence-electron chi connectivity index (χ4n) is 2.01. The highest BCUT2D eigenvalue weighted by atomic mass is 19.4. The molecule has 0 radical (unpaired) electrons. The molecule has 0 saturated carbocycles. The van der Waals surface area contributed by atoms with Crippen LogP contribution < -0.4 is 0 Å². The second kappa shape index (κ2) is 6.61. The summed E-state index contributed by atoms with van der Waals surface area (Å²) in [5.41, 5.74) is -4.87. The Morgan fingerprint density at radius 3 is 1.96 bits per heavy atom. The molecule has 0 aromatic heterocycles. The highest BCUT2D eigenvalue weighted by Crippen LogP contribution is 2.37. The third-order valence-corrected chi connectivity index (χ3v) is 3.15. The van der Waals surface area contributed by atoms with Crippen molar-refractivity contribution in [3.8, 4) is 0 Å². The van der Waals surface area contributed by atoms with E-state index in [0.717, 1.165) is 0 Å². The number of rotatable bonds is 3. The molecule has 1 aliphatic rings. The lowest BCUT2D eigenvalue weighted by Gasteiger charge is -2.20. The number of esters is 1. The standard InChI is InChI=1S/C13H4F9NO3/c14-6-4(7(15)9(17)5(8(6)16)13(20,21)22)12-23-2(1-3(24)26-12)10(25)11(18)19/h2,11H,1H2. The molecule has 142 valence electrons. The maximum atomic E-state index is 13.8. The number of carbonyl (C=O) groups excluding carboxylic acids is 2. The molecule has 0 fully saturated rings. The van der Waals surface area contributed by atoms with Crippen molar-refractivity contribution < 1.29 is 53.8 Å². The van der Waals surface area contributed by atoms with Crippen LogP contribution in [0.3, 0.4) is 0 Å². The van der Waals surface area contributed by atoms with E-state index in [0.29, 0.717) is 0 Å². The Bertz CT molecular complexity index is 787. The maximum absolute atomic E-state index is 13.8. The van der Waals surface area contributed by atoms with Crippen molar-refractivity contribution in [2.45, 2.75) is 25.1 Å². The Labute approximate surface area is 137 Å². The zero-order chi connectivity index (χ0) is 20.0. The second-order valence-electron chi connectivity index (χ2n) is 4.83. The van der Waals surface area contributed by atoms with Crippen molar-refractivity contribution in [3.63, 3.8) is 0 Å². The number of halogens is 9. The highest BCUT2D eigenvalue weighted by Gasteiger charge is 2.44. The molecule has 26 heavy (non-hydrogen) atoms. The Morgan fingerprint density at radius 2 is 1.54 bits per heavy atom. The number of Topliss-reactive ketones (excluding diaryl/α,β-unsaturated/α-hetero) is 1. The van der Waals surface area contributed by atoms with E-state index < -0.39 is 77.1 Å². The van der Waals surface area contributed by atoms with Gasteiger partial charge in [0.25, 0.3) is 6.43 Å². The van der Waals surface area contributed by atoms with Crippen LogP contribution in [0.25, 0.3) is 0 Å². The van der Waals surface area contributed by atoms with Crippen molar-refractivity contribution in [3.05, 3.63) is 34.4 Å². The summed E-state index contributed by atoms with van der Waals surface area (Å²) in [6.07, 6.45) is -10.5. The summed E-state index contributed by atoms with van der Waals surface area (Å²) in [7, 11) is 0. The number of hydrogen-bond acceptors (Lipinski definition) is 4. The fraction of sp³-hybridized carbons (Fsp3) is 0.308. The van der Waals surface area contributed by atoms with Crippen LogP contribution in [-0.4, -0.2) is 30.1 Å². The molecule has 0 N–H and O–H groups in total. The van der Waals surface area contributed by atoms with E-state index in [9.17, 15) is 49.1 Å². The molecular formula is C13H4F9NO3. The summed E-state index contributed by atoms with van der Waals surface area (Å²) in [6, 6.07) is -2.20. The number of ether oxygens (including phenoxy) is 1. The van der Waals surface area contributed by atoms with Gasteiger partial charge in [-0.1, -0.05) is 0 Å². The Balaban J connectivity index is 2.68. The van der Waals surface area contributed by atoms with E-state index in [4.69, 9.17) is 0 Å². The Hall–Kier alpha value is -2.60. The van der Waals surface area contributed by atoms with Crippen LogP contribution in [-0.2, 0) is 20.5 Å². The minimum atomic E-state index is -5.81. The topological polar surface area (TPSA) is 55.7 Å². The molecule has 2 rings (SSSR count). The first-order valence-corrected chi connectivity index (χ1v) is 6.40. The van der Waals surface area contributed by atoms with Gasteiger partial charge in [-0.3, -0.25) is 9.59 Å². The number of carbonyl (C=O) groups is 2. The van der Waals surface area contributed by atoms with Crippen LogP contribution in [0.1, 0.15) is 17.5 Å². The zero-order valence-corrected chi connectivity index (χ0v) is 11.9. The van der Waals surface area contributed by atoms with E-state index in [-0.39, 0.29) is 0 Å². The van der Waals surface area contributed by atoms with Crippen molar-refractivity contribution in [1.29, 1.82) is 0 Å². The first kappa shape index (κ1) is 19.7. The fourth-order valence-corrected chi connectivity index (χ4v) is 2.01. The molecule has 1 aliphatic heterocycles. The summed E-state index contributed by atoms with van der Waals surface area (Å²) in [4.78, 5) is 25.4. The molecular weight excluding hydrogens is 389 g/mol. The normalized spacial score (nSPS) is 18.0. The van der Waals surface area contributed by atoms with E-state index in [1.807, 2.05) is 0 Å². The number of alkyl halides is 5. The molecule has 0 amide bonds. The molecule has 0 aliphatic carbocycles. The summed E-state index contributed by atoms with van der Waals surface area (Å²) in [5, 5.41) is 0. The quantitative estimate of drug-likeness (QED) is 0.451. The molecule has 13 heteroatoms. The van der Waals surface area contributed by atoms with Crippen molar-refractivity contribution >= 4 is 17.7 Å². The monoisotopic (exact) mass is 393 g/mol. The molecule has 1 unspecified atom stereocenters. The van der Waals surface area contributed by atoms with Crippen molar-refractivity contribution in [2.75, 3.05) is 0 Å². The number of ketones is 1. The van der Waals surface area contributed by atoms with E-state index in [1.54, 1.807) is 0 Å². The van der Waals surface area contributed by atoms with Crippen LogP contribution in [0, 0.1) is 23.3 Å². The van der Waals surface area contributed by atoms with E-state index in [2.05, 4.69) is 9.73 Å². The van der Waals surface area contributed by atoms with E-state index >= 15 is 0 Å². The van der Waals surface area contributed by atoms with Crippen LogP contribution >= 0.6 is 0 Å². The van der Waals surface area contributed by atoms with Gasteiger partial charge >= 0.3 is 12.1 Å². The predicted molar refractivity (Wildman–Crippen MR) is 63.3 cm³/mol. The van der Waals surface area contributed by atoms with Gasteiger partial charge in [-0.25, -0.2) is 31.3 Å². The van der Waals surface area contributed by atoms with E-state index in [1.165, 1.54) is 0 Å². The maximum Gasteiger partial charge on any atom is 0.422 e. The number of benzene rings is 1. The van der Waals surface area contributed by atoms with Gasteiger partial charge in [0.1, 0.15) is 17.2 Å². The Kier molecular flexibility index (Phi) is 5.01. The number of cyclic esters (lactones) is 1. The minimum absolute atomic E-state index is 1.07. The lowest BCUT2D eigenvalue weighted by Crippen LogP contribution is -2.35. The van der Waals surface area contributed by atoms with Crippen LogP contribution in [0.15, 0.2) is 4.99 Å². The van der Waals surface area contributed by atoms with Gasteiger partial charge in [0, 0.05) is 0 Å². The SMILES string of the molecule is O=C1CC(C(=O)C(F)F)N=C(c2c(F)c(F)c(C(F)(F)F)c(F)c2F)O1. The molecule has 1 aromatic rings. The number of hydrogen-bond donors (Lipinski definition) is 0. The highest BCUT2D eigenvalue weighted by molar-refractivity contribution is 6.06. The van der Waals surface area contributed by atoms with Crippen molar-refractivity contribution in [2.24, 2.45) is 4.99 Å². The first-order valence-electron chi connectivity index (χ1n) is 6.40. The molecule has 1 heterocycles. The average Bonchev–Trinajstić information content (AvgIpc) is 2.50. The summed E-state index contributed by atoms with van der Waals surface area (Å²) < 4.78 is 121. The van der Waals surface area contributed by atoms with Crippen LogP contribution in [0.2, 0.25) is 0 Å². The molecule has 0 bridgehead atoms. The van der Waals surface area contributed by atoms with Gasteiger partial charge in [-0.15, -0.1) is 0 Å². The lowest BCUT2D eigenvalue weighted by atomic mass is 10.0.